The van der Waals surface area contributed by atoms with Gasteiger partial charge < -0.3 is 4.74 Å². The third-order valence-corrected chi connectivity index (χ3v) is 3.66. The van der Waals surface area contributed by atoms with Crippen LogP contribution in [0.2, 0.25) is 0 Å². The van der Waals surface area contributed by atoms with Gasteiger partial charge in [-0.1, -0.05) is 12.1 Å². The van der Waals surface area contributed by atoms with Gasteiger partial charge in [-0.05, 0) is 30.0 Å². The third kappa shape index (κ3) is 2.79. The van der Waals surface area contributed by atoms with Gasteiger partial charge in [0.1, 0.15) is 12.1 Å². The minimum absolute atomic E-state index is 0.0701. The number of rotatable bonds is 5. The van der Waals surface area contributed by atoms with Crippen molar-refractivity contribution in [2.45, 2.75) is 25.3 Å². The fourth-order valence-corrected chi connectivity index (χ4v) is 2.54. The molecule has 1 atom stereocenters. The van der Waals surface area contributed by atoms with Crippen LogP contribution in [0, 0.1) is 0 Å². The van der Waals surface area contributed by atoms with Gasteiger partial charge in [0, 0.05) is 30.4 Å². The molecule has 1 aliphatic rings. The van der Waals surface area contributed by atoms with Crippen molar-refractivity contribution in [3.05, 3.63) is 53.6 Å². The Kier molecular flexibility index (Phi) is 3.90. The van der Waals surface area contributed by atoms with E-state index >= 15 is 0 Å². The molecule has 5 heteroatoms. The number of hydrogen-bond donors (Lipinski definition) is 2. The van der Waals surface area contributed by atoms with Gasteiger partial charge in [0.2, 0.25) is 0 Å². The lowest BCUT2D eigenvalue weighted by atomic mass is 9.99. The van der Waals surface area contributed by atoms with Crippen LogP contribution in [0.15, 0.2) is 36.9 Å². The second-order valence-corrected chi connectivity index (χ2v) is 4.97. The Hall–Kier alpha value is -1.98. The van der Waals surface area contributed by atoms with Crippen molar-refractivity contribution < 1.29 is 4.74 Å². The zero-order chi connectivity index (χ0) is 13.8. The summed E-state index contributed by atoms with van der Waals surface area (Å²) in [5.41, 5.74) is 6.47. The largest absolute Gasteiger partial charge is 0.493 e. The molecule has 3 rings (SSSR count). The van der Waals surface area contributed by atoms with Crippen molar-refractivity contribution in [1.29, 1.82) is 0 Å². The lowest BCUT2D eigenvalue weighted by Crippen LogP contribution is -2.28. The third-order valence-electron chi connectivity index (χ3n) is 3.66. The number of benzene rings is 1. The Morgan fingerprint density at radius 2 is 2.15 bits per heavy atom. The van der Waals surface area contributed by atoms with Gasteiger partial charge in [-0.15, -0.1) is 0 Å². The molecule has 0 bridgehead atoms. The second kappa shape index (κ2) is 5.98. The average Bonchev–Trinajstić information content (AvgIpc) is 2.96. The van der Waals surface area contributed by atoms with Gasteiger partial charge in [-0.2, -0.15) is 0 Å². The molecule has 0 spiro atoms. The topological polar surface area (TPSA) is 73.1 Å². The molecular weight excluding hydrogens is 252 g/mol. The standard InChI is InChI=1S/C15H18N4O/c16-19-14(13-8-17-10-18-9-13)3-1-11-2-4-15-12(7-11)5-6-20-15/h2,4,7-10,14,19H,1,3,5-6,16H2. The summed E-state index contributed by atoms with van der Waals surface area (Å²) < 4.78 is 5.52. The molecule has 0 amide bonds. The minimum atomic E-state index is 0.0701. The number of fused-ring (bicyclic) bond motifs is 1. The molecule has 5 nitrogen and oxygen atoms in total. The summed E-state index contributed by atoms with van der Waals surface area (Å²) >= 11 is 0. The summed E-state index contributed by atoms with van der Waals surface area (Å²) in [6.45, 7) is 0.799. The maximum Gasteiger partial charge on any atom is 0.122 e. The first-order chi connectivity index (χ1) is 9.86. The monoisotopic (exact) mass is 270 g/mol. The number of aryl methyl sites for hydroxylation is 1. The number of hydrogen-bond acceptors (Lipinski definition) is 5. The fraction of sp³-hybridized carbons (Fsp3) is 0.333. The highest BCUT2D eigenvalue weighted by atomic mass is 16.5. The van der Waals surface area contributed by atoms with Gasteiger partial charge in [-0.25, -0.2) is 9.97 Å². The molecule has 2 heterocycles. The first-order valence-electron chi connectivity index (χ1n) is 6.82. The molecule has 104 valence electrons. The van der Waals surface area contributed by atoms with E-state index in [0.29, 0.717) is 0 Å². The van der Waals surface area contributed by atoms with Gasteiger partial charge >= 0.3 is 0 Å². The molecule has 0 saturated heterocycles. The number of nitrogens with two attached hydrogens (primary N) is 1. The van der Waals surface area contributed by atoms with E-state index in [2.05, 4.69) is 33.6 Å². The van der Waals surface area contributed by atoms with Crippen LogP contribution in [0.4, 0.5) is 0 Å². The van der Waals surface area contributed by atoms with E-state index in [1.54, 1.807) is 12.4 Å². The van der Waals surface area contributed by atoms with E-state index in [1.807, 2.05) is 0 Å². The van der Waals surface area contributed by atoms with Crippen LogP contribution in [0.5, 0.6) is 5.75 Å². The Balaban J connectivity index is 1.66. The summed E-state index contributed by atoms with van der Waals surface area (Å²) in [5.74, 6) is 6.66. The van der Waals surface area contributed by atoms with E-state index in [-0.39, 0.29) is 6.04 Å². The molecule has 1 aromatic carbocycles. The molecule has 2 aromatic rings. The van der Waals surface area contributed by atoms with Crippen LogP contribution >= 0.6 is 0 Å². The Morgan fingerprint density at radius 1 is 1.30 bits per heavy atom. The molecule has 0 fully saturated rings. The van der Waals surface area contributed by atoms with Crippen molar-refractivity contribution in [2.75, 3.05) is 6.61 Å². The highest BCUT2D eigenvalue weighted by molar-refractivity contribution is 5.39. The van der Waals surface area contributed by atoms with Gasteiger partial charge in [0.15, 0.2) is 0 Å². The van der Waals surface area contributed by atoms with E-state index in [1.165, 1.54) is 17.5 Å². The van der Waals surface area contributed by atoms with Crippen LogP contribution in [0.25, 0.3) is 0 Å². The summed E-state index contributed by atoms with van der Waals surface area (Å²) in [4.78, 5) is 8.07. The average molecular weight is 270 g/mol. The smallest absolute Gasteiger partial charge is 0.122 e. The first-order valence-corrected chi connectivity index (χ1v) is 6.82. The Bertz CT molecular complexity index is 573. The van der Waals surface area contributed by atoms with Crippen molar-refractivity contribution in [2.24, 2.45) is 5.84 Å². The van der Waals surface area contributed by atoms with Crippen molar-refractivity contribution in [3.8, 4) is 5.75 Å². The molecule has 0 saturated carbocycles. The maximum atomic E-state index is 5.63. The quantitative estimate of drug-likeness (QED) is 0.637. The Labute approximate surface area is 118 Å². The number of aromatic nitrogens is 2. The zero-order valence-corrected chi connectivity index (χ0v) is 11.2. The van der Waals surface area contributed by atoms with Crippen molar-refractivity contribution in [1.82, 2.24) is 15.4 Å². The van der Waals surface area contributed by atoms with E-state index < -0.39 is 0 Å². The van der Waals surface area contributed by atoms with Crippen molar-refractivity contribution >= 4 is 0 Å². The molecule has 1 aliphatic heterocycles. The van der Waals surface area contributed by atoms with Crippen LogP contribution in [0.3, 0.4) is 0 Å². The van der Waals surface area contributed by atoms with Crippen LogP contribution in [-0.4, -0.2) is 16.6 Å². The molecule has 0 aliphatic carbocycles. The minimum Gasteiger partial charge on any atom is -0.493 e. The SMILES string of the molecule is NNC(CCc1ccc2c(c1)CCO2)c1cncnc1. The van der Waals surface area contributed by atoms with E-state index in [0.717, 1.165) is 37.2 Å². The predicted octanol–water partition coefficient (Wildman–Crippen LogP) is 1.55. The second-order valence-electron chi connectivity index (χ2n) is 4.97. The summed E-state index contributed by atoms with van der Waals surface area (Å²) in [5, 5.41) is 0. The maximum absolute atomic E-state index is 5.63. The molecule has 20 heavy (non-hydrogen) atoms. The van der Waals surface area contributed by atoms with Gasteiger partial charge in [-0.3, -0.25) is 11.3 Å². The van der Waals surface area contributed by atoms with Gasteiger partial charge in [0.25, 0.3) is 0 Å². The van der Waals surface area contributed by atoms with E-state index in [4.69, 9.17) is 10.6 Å². The van der Waals surface area contributed by atoms with E-state index in [9.17, 15) is 0 Å². The van der Waals surface area contributed by atoms with Crippen molar-refractivity contribution in [3.63, 3.8) is 0 Å². The normalized spacial score (nSPS) is 14.7. The lowest BCUT2D eigenvalue weighted by Gasteiger charge is -2.15. The lowest BCUT2D eigenvalue weighted by molar-refractivity contribution is 0.357. The first kappa shape index (κ1) is 13.0. The number of nitrogens with one attached hydrogen (secondary N) is 1. The highest BCUT2D eigenvalue weighted by Crippen LogP contribution is 2.27. The van der Waals surface area contributed by atoms with Crippen LogP contribution < -0.4 is 16.0 Å². The van der Waals surface area contributed by atoms with Crippen LogP contribution in [-0.2, 0) is 12.8 Å². The summed E-state index contributed by atoms with van der Waals surface area (Å²) in [6, 6.07) is 6.49. The molecule has 1 aromatic heterocycles. The highest BCUT2D eigenvalue weighted by Gasteiger charge is 2.14. The Morgan fingerprint density at radius 3 is 2.95 bits per heavy atom. The molecule has 0 radical (unpaired) electrons. The molecule has 3 N–H and O–H groups in total. The number of hydrazine groups is 1. The number of nitrogens with zero attached hydrogens (tertiary/aromatic N) is 2. The van der Waals surface area contributed by atoms with Crippen LogP contribution in [0.1, 0.15) is 29.2 Å². The summed E-state index contributed by atoms with van der Waals surface area (Å²) in [7, 11) is 0. The number of ether oxygens (including phenoxy) is 1. The molecule has 1 unspecified atom stereocenters. The summed E-state index contributed by atoms with van der Waals surface area (Å²) in [6.07, 6.45) is 7.99. The molecular formula is C15H18N4O. The fourth-order valence-electron chi connectivity index (χ4n) is 2.54. The predicted molar refractivity (Wildman–Crippen MR) is 76.1 cm³/mol. The van der Waals surface area contributed by atoms with Gasteiger partial charge in [0.05, 0.1) is 6.61 Å². The zero-order valence-electron chi connectivity index (χ0n) is 11.2.